The Labute approximate surface area is 111 Å². The molecule has 1 saturated heterocycles. The number of amides is 2. The molecular formula is C11H18N2O5S. The summed E-state index contributed by atoms with van der Waals surface area (Å²) in [7, 11) is -3.15. The van der Waals surface area contributed by atoms with E-state index in [4.69, 9.17) is 5.11 Å². The molecule has 1 saturated carbocycles. The van der Waals surface area contributed by atoms with Crippen molar-refractivity contribution in [3.05, 3.63) is 0 Å². The molecule has 0 radical (unpaired) electrons. The lowest BCUT2D eigenvalue weighted by Crippen LogP contribution is -2.49. The molecule has 8 heteroatoms. The second-order valence-corrected chi connectivity index (χ2v) is 7.58. The van der Waals surface area contributed by atoms with Crippen molar-refractivity contribution in [2.45, 2.75) is 31.8 Å². The number of carboxylic acid groups (broad SMARTS) is 1. The number of sulfone groups is 1. The highest BCUT2D eigenvalue weighted by Gasteiger charge is 2.39. The van der Waals surface area contributed by atoms with E-state index in [2.05, 4.69) is 5.32 Å². The molecule has 3 atom stereocenters. The molecule has 1 aliphatic heterocycles. The maximum Gasteiger partial charge on any atom is 0.323 e. The van der Waals surface area contributed by atoms with E-state index in [1.54, 1.807) is 0 Å². The molecule has 1 aliphatic carbocycles. The van der Waals surface area contributed by atoms with Crippen molar-refractivity contribution >= 4 is 21.8 Å². The third kappa shape index (κ3) is 3.59. The molecule has 0 aromatic heterocycles. The van der Waals surface area contributed by atoms with Gasteiger partial charge in [0.15, 0.2) is 9.84 Å². The maximum atomic E-state index is 12.0. The largest absolute Gasteiger partial charge is 0.480 e. The van der Waals surface area contributed by atoms with E-state index >= 15 is 0 Å². The molecule has 0 spiro atoms. The van der Waals surface area contributed by atoms with E-state index in [0.717, 1.165) is 11.3 Å². The fraction of sp³-hybridized carbons (Fsp3) is 0.818. The van der Waals surface area contributed by atoms with Crippen LogP contribution in [0.2, 0.25) is 0 Å². The molecule has 0 aromatic carbocycles. The SMILES string of the molecule is CC1CC1NC(=O)N(CC(=O)O)C1CCS(=O)(=O)C1. The van der Waals surface area contributed by atoms with E-state index in [9.17, 15) is 18.0 Å². The van der Waals surface area contributed by atoms with Crippen molar-refractivity contribution in [2.75, 3.05) is 18.1 Å². The normalized spacial score (nSPS) is 31.7. The Morgan fingerprint density at radius 3 is 2.47 bits per heavy atom. The molecule has 2 N–H and O–H groups in total. The van der Waals surface area contributed by atoms with Gasteiger partial charge in [-0.1, -0.05) is 6.92 Å². The highest BCUT2D eigenvalue weighted by molar-refractivity contribution is 7.91. The van der Waals surface area contributed by atoms with Gasteiger partial charge in [-0.05, 0) is 18.8 Å². The Hall–Kier alpha value is -1.31. The minimum absolute atomic E-state index is 0.0148. The molecule has 0 aromatic rings. The number of rotatable bonds is 4. The molecular weight excluding hydrogens is 272 g/mol. The third-order valence-corrected chi connectivity index (χ3v) is 5.38. The zero-order valence-corrected chi connectivity index (χ0v) is 11.5. The van der Waals surface area contributed by atoms with Crippen LogP contribution in [0, 0.1) is 5.92 Å². The molecule has 3 unspecified atom stereocenters. The molecule has 108 valence electrons. The Morgan fingerprint density at radius 1 is 1.42 bits per heavy atom. The smallest absolute Gasteiger partial charge is 0.323 e. The number of hydrogen-bond acceptors (Lipinski definition) is 4. The van der Waals surface area contributed by atoms with Gasteiger partial charge in [-0.3, -0.25) is 4.79 Å². The first-order chi connectivity index (χ1) is 8.78. The quantitative estimate of drug-likeness (QED) is 0.738. The van der Waals surface area contributed by atoms with Crippen LogP contribution >= 0.6 is 0 Å². The van der Waals surface area contributed by atoms with Crippen LogP contribution in [0.5, 0.6) is 0 Å². The predicted molar refractivity (Wildman–Crippen MR) is 67.5 cm³/mol. The molecule has 7 nitrogen and oxygen atoms in total. The first-order valence-electron chi connectivity index (χ1n) is 6.28. The topological polar surface area (TPSA) is 104 Å². The predicted octanol–water partition coefficient (Wildman–Crippen LogP) is -0.322. The average Bonchev–Trinajstić information content (AvgIpc) is 2.83. The number of carbonyl (C=O) groups excluding carboxylic acids is 1. The van der Waals surface area contributed by atoms with Gasteiger partial charge in [0.25, 0.3) is 0 Å². The maximum absolute atomic E-state index is 12.0. The van der Waals surface area contributed by atoms with Gasteiger partial charge in [0, 0.05) is 12.1 Å². The fourth-order valence-electron chi connectivity index (χ4n) is 2.30. The fourth-order valence-corrected chi connectivity index (χ4v) is 4.03. The monoisotopic (exact) mass is 290 g/mol. The third-order valence-electron chi connectivity index (χ3n) is 3.63. The summed E-state index contributed by atoms with van der Waals surface area (Å²) in [5, 5.41) is 11.6. The first kappa shape index (κ1) is 14.1. The number of carboxylic acids is 1. The van der Waals surface area contributed by atoms with E-state index < -0.39 is 34.4 Å². The van der Waals surface area contributed by atoms with E-state index in [1.165, 1.54) is 0 Å². The standard InChI is InChI=1S/C11H18N2O5S/c1-7-4-9(7)12-11(16)13(5-10(14)15)8-2-3-19(17,18)6-8/h7-9H,2-6H2,1H3,(H,12,16)(H,14,15). The molecule has 2 aliphatic rings. The van der Waals surface area contributed by atoms with E-state index in [-0.39, 0.29) is 17.5 Å². The molecule has 0 bridgehead atoms. The number of hydrogen-bond donors (Lipinski definition) is 2. The van der Waals surface area contributed by atoms with Crippen LogP contribution in [0.1, 0.15) is 19.8 Å². The van der Waals surface area contributed by atoms with Crippen molar-refractivity contribution in [1.82, 2.24) is 10.2 Å². The van der Waals surface area contributed by atoms with Crippen LogP contribution in [-0.4, -0.2) is 60.6 Å². The van der Waals surface area contributed by atoms with Gasteiger partial charge in [-0.15, -0.1) is 0 Å². The highest BCUT2D eigenvalue weighted by atomic mass is 32.2. The van der Waals surface area contributed by atoms with Crippen LogP contribution in [0.3, 0.4) is 0 Å². The second-order valence-electron chi connectivity index (χ2n) is 5.35. The lowest BCUT2D eigenvalue weighted by Gasteiger charge is -2.26. The Balaban J connectivity index is 2.03. The van der Waals surface area contributed by atoms with Gasteiger partial charge in [-0.2, -0.15) is 0 Å². The number of nitrogens with zero attached hydrogens (tertiary/aromatic N) is 1. The van der Waals surface area contributed by atoms with Gasteiger partial charge in [0.1, 0.15) is 6.54 Å². The van der Waals surface area contributed by atoms with Crippen LogP contribution in [0.4, 0.5) is 4.79 Å². The highest BCUT2D eigenvalue weighted by Crippen LogP contribution is 2.29. The van der Waals surface area contributed by atoms with Crippen molar-refractivity contribution in [3.63, 3.8) is 0 Å². The Bertz CT molecular complexity index is 489. The summed E-state index contributed by atoms with van der Waals surface area (Å²) >= 11 is 0. The number of carbonyl (C=O) groups is 2. The summed E-state index contributed by atoms with van der Waals surface area (Å²) in [5.74, 6) is -0.860. The van der Waals surface area contributed by atoms with Crippen molar-refractivity contribution in [1.29, 1.82) is 0 Å². The van der Waals surface area contributed by atoms with Gasteiger partial charge >= 0.3 is 12.0 Å². The number of aliphatic carboxylic acids is 1. The van der Waals surface area contributed by atoms with Crippen LogP contribution < -0.4 is 5.32 Å². The zero-order valence-electron chi connectivity index (χ0n) is 10.7. The van der Waals surface area contributed by atoms with Crippen LogP contribution in [-0.2, 0) is 14.6 Å². The molecule has 2 rings (SSSR count). The van der Waals surface area contributed by atoms with Gasteiger partial charge < -0.3 is 15.3 Å². The Kier molecular flexibility index (Phi) is 3.71. The average molecular weight is 290 g/mol. The minimum Gasteiger partial charge on any atom is -0.480 e. The van der Waals surface area contributed by atoms with Gasteiger partial charge in [0.2, 0.25) is 0 Å². The summed E-state index contributed by atoms with van der Waals surface area (Å²) in [6, 6.07) is -0.921. The number of urea groups is 1. The van der Waals surface area contributed by atoms with Gasteiger partial charge in [-0.25, -0.2) is 13.2 Å². The summed E-state index contributed by atoms with van der Waals surface area (Å²) in [6.07, 6.45) is 1.19. The van der Waals surface area contributed by atoms with Gasteiger partial charge in [0.05, 0.1) is 11.5 Å². The van der Waals surface area contributed by atoms with E-state index in [1.807, 2.05) is 6.92 Å². The zero-order chi connectivity index (χ0) is 14.2. The molecule has 2 fully saturated rings. The second kappa shape index (κ2) is 4.99. The van der Waals surface area contributed by atoms with Crippen LogP contribution in [0.15, 0.2) is 0 Å². The lowest BCUT2D eigenvalue weighted by atomic mass is 10.2. The Morgan fingerprint density at radius 2 is 2.05 bits per heavy atom. The van der Waals surface area contributed by atoms with Crippen LogP contribution in [0.25, 0.3) is 0 Å². The summed E-state index contributed by atoms with van der Waals surface area (Å²) in [5.41, 5.74) is 0. The van der Waals surface area contributed by atoms with Crippen molar-refractivity contribution < 1.29 is 23.1 Å². The lowest BCUT2D eigenvalue weighted by molar-refractivity contribution is -0.138. The summed E-state index contributed by atoms with van der Waals surface area (Å²) in [4.78, 5) is 24.0. The first-order valence-corrected chi connectivity index (χ1v) is 8.10. The van der Waals surface area contributed by atoms with Crippen molar-refractivity contribution in [2.24, 2.45) is 5.92 Å². The molecule has 2 amide bonds. The summed E-state index contributed by atoms with van der Waals surface area (Å²) in [6.45, 7) is 1.53. The van der Waals surface area contributed by atoms with E-state index in [0.29, 0.717) is 12.3 Å². The number of nitrogens with one attached hydrogen (secondary N) is 1. The molecule has 1 heterocycles. The molecule has 19 heavy (non-hydrogen) atoms. The van der Waals surface area contributed by atoms with Crippen molar-refractivity contribution in [3.8, 4) is 0 Å². The minimum atomic E-state index is -3.15. The summed E-state index contributed by atoms with van der Waals surface area (Å²) < 4.78 is 22.9.